The predicted octanol–water partition coefficient (Wildman–Crippen LogP) is 5.10. The van der Waals surface area contributed by atoms with Gasteiger partial charge >= 0.3 is 5.97 Å². The largest absolute Gasteiger partial charge is 0.493 e. The van der Waals surface area contributed by atoms with Crippen molar-refractivity contribution in [3.05, 3.63) is 90.0 Å². The second kappa shape index (κ2) is 10.1. The van der Waals surface area contributed by atoms with E-state index in [0.717, 1.165) is 18.4 Å². The van der Waals surface area contributed by atoms with E-state index in [2.05, 4.69) is 5.32 Å². The van der Waals surface area contributed by atoms with Crippen LogP contribution in [0.4, 0.5) is 0 Å². The molecule has 1 fully saturated rings. The summed E-state index contributed by atoms with van der Waals surface area (Å²) in [5.41, 5.74) is 2.89. The minimum atomic E-state index is -1.06. The summed E-state index contributed by atoms with van der Waals surface area (Å²) in [7, 11) is 3.14. The van der Waals surface area contributed by atoms with Gasteiger partial charge in [-0.15, -0.1) is 0 Å². The van der Waals surface area contributed by atoms with Gasteiger partial charge in [0, 0.05) is 22.6 Å². The van der Waals surface area contributed by atoms with Gasteiger partial charge in [-0.3, -0.25) is 4.79 Å². The van der Waals surface area contributed by atoms with Crippen LogP contribution in [0.3, 0.4) is 0 Å². The van der Waals surface area contributed by atoms with Crippen molar-refractivity contribution in [3.8, 4) is 22.8 Å². The fraction of sp³-hybridized carbons (Fsp3) is 0.207. The average molecular weight is 483 g/mol. The number of methoxy groups -OCH3 is 2. The fourth-order valence-corrected chi connectivity index (χ4v) is 4.06. The first-order valence-electron chi connectivity index (χ1n) is 11.8. The molecule has 0 radical (unpaired) electrons. The van der Waals surface area contributed by atoms with E-state index in [9.17, 15) is 9.59 Å². The van der Waals surface area contributed by atoms with Crippen LogP contribution in [0.1, 0.15) is 34.9 Å². The first-order valence-corrected chi connectivity index (χ1v) is 11.8. The summed E-state index contributed by atoms with van der Waals surface area (Å²) in [4.78, 5) is 31.4. The quantitative estimate of drug-likeness (QED) is 0.352. The third kappa shape index (κ3) is 4.86. The number of hydrogen-bond donors (Lipinski definition) is 1. The lowest BCUT2D eigenvalue weighted by atomic mass is 10.0. The topological polar surface area (TPSA) is 86.8 Å². The number of benzene rings is 3. The number of ether oxygens (including phenoxy) is 3. The molecule has 7 heteroatoms. The predicted molar refractivity (Wildman–Crippen MR) is 136 cm³/mol. The minimum absolute atomic E-state index is 0.140. The van der Waals surface area contributed by atoms with Gasteiger partial charge in [0.1, 0.15) is 0 Å². The Bertz CT molecular complexity index is 1420. The zero-order valence-electron chi connectivity index (χ0n) is 20.1. The smallest absolute Gasteiger partial charge is 0.340 e. The summed E-state index contributed by atoms with van der Waals surface area (Å²) in [5.74, 6) is 0.217. The zero-order chi connectivity index (χ0) is 25.1. The maximum absolute atomic E-state index is 13.6. The summed E-state index contributed by atoms with van der Waals surface area (Å²) >= 11 is 0. The Labute approximate surface area is 209 Å². The van der Waals surface area contributed by atoms with E-state index in [0.29, 0.717) is 39.2 Å². The number of esters is 1. The number of fused-ring (bicyclic) bond motifs is 1. The van der Waals surface area contributed by atoms with Crippen LogP contribution >= 0.6 is 0 Å². The molecule has 1 amide bonds. The summed E-state index contributed by atoms with van der Waals surface area (Å²) in [5, 5.41) is 3.59. The molecular weight excluding hydrogens is 456 g/mol. The van der Waals surface area contributed by atoms with E-state index >= 15 is 0 Å². The Hall–Kier alpha value is -4.39. The molecule has 0 spiro atoms. The van der Waals surface area contributed by atoms with Crippen LogP contribution in [0.25, 0.3) is 22.2 Å². The highest BCUT2D eigenvalue weighted by Crippen LogP contribution is 2.34. The number of aromatic nitrogens is 1. The van der Waals surface area contributed by atoms with Crippen molar-refractivity contribution in [2.75, 3.05) is 14.2 Å². The second-order valence-corrected chi connectivity index (χ2v) is 8.62. The molecule has 0 bridgehead atoms. The first-order chi connectivity index (χ1) is 17.6. The summed E-state index contributed by atoms with van der Waals surface area (Å²) in [6.07, 6.45) is 0.811. The lowest BCUT2D eigenvalue weighted by molar-refractivity contribution is -0.130. The Morgan fingerprint density at radius 3 is 2.33 bits per heavy atom. The lowest BCUT2D eigenvalue weighted by Crippen LogP contribution is -2.33. The molecule has 0 aliphatic heterocycles. The number of nitrogens with one attached hydrogen (secondary N) is 1. The standard InChI is InChI=1S/C29H26N2O5/c1-34-25-15-12-19(16-26(25)35-2)24-17-22(21-10-6-7-11-23(21)31-24)29(33)36-27(18-8-4-3-5-9-18)28(32)30-20-13-14-20/h3-12,15-17,20,27H,13-14H2,1-2H3,(H,30,32). The number of carbonyl (C=O) groups is 2. The molecule has 1 heterocycles. The zero-order valence-corrected chi connectivity index (χ0v) is 20.1. The molecule has 1 saturated carbocycles. The van der Waals surface area contributed by atoms with E-state index < -0.39 is 12.1 Å². The molecule has 0 saturated heterocycles. The molecule has 7 nitrogen and oxygen atoms in total. The molecule has 1 aliphatic carbocycles. The van der Waals surface area contributed by atoms with Crippen LogP contribution in [0.5, 0.6) is 11.5 Å². The van der Waals surface area contributed by atoms with Crippen molar-refractivity contribution in [3.63, 3.8) is 0 Å². The molecular formula is C29H26N2O5. The molecule has 5 rings (SSSR count). The maximum Gasteiger partial charge on any atom is 0.340 e. The van der Waals surface area contributed by atoms with Crippen LogP contribution < -0.4 is 14.8 Å². The third-order valence-corrected chi connectivity index (χ3v) is 6.10. The van der Waals surface area contributed by atoms with Gasteiger partial charge in [0.2, 0.25) is 6.10 Å². The number of rotatable bonds is 8. The number of carbonyl (C=O) groups excluding carboxylic acids is 2. The van der Waals surface area contributed by atoms with Gasteiger partial charge in [-0.1, -0.05) is 48.5 Å². The van der Waals surface area contributed by atoms with Crippen LogP contribution in [-0.2, 0) is 9.53 Å². The molecule has 3 aromatic carbocycles. The van der Waals surface area contributed by atoms with E-state index in [1.165, 1.54) is 0 Å². The summed E-state index contributed by atoms with van der Waals surface area (Å²) in [6, 6.07) is 23.7. The van der Waals surface area contributed by atoms with E-state index in [1.54, 1.807) is 44.6 Å². The van der Waals surface area contributed by atoms with Crippen LogP contribution in [0, 0.1) is 0 Å². The Kier molecular flexibility index (Phi) is 6.54. The Balaban J connectivity index is 1.54. The Morgan fingerprint density at radius 1 is 0.889 bits per heavy atom. The highest BCUT2D eigenvalue weighted by Gasteiger charge is 2.31. The normalized spacial score (nSPS) is 13.6. The lowest BCUT2D eigenvalue weighted by Gasteiger charge is -2.19. The van der Waals surface area contributed by atoms with Crippen molar-refractivity contribution in [2.45, 2.75) is 25.0 Å². The molecule has 1 aromatic heterocycles. The van der Waals surface area contributed by atoms with Crippen molar-refractivity contribution >= 4 is 22.8 Å². The first kappa shape index (κ1) is 23.4. The van der Waals surface area contributed by atoms with Crippen LogP contribution in [-0.4, -0.2) is 37.1 Å². The van der Waals surface area contributed by atoms with Gasteiger partial charge in [-0.25, -0.2) is 9.78 Å². The van der Waals surface area contributed by atoms with Gasteiger partial charge in [-0.05, 0) is 43.2 Å². The molecule has 182 valence electrons. The average Bonchev–Trinajstić information content (AvgIpc) is 3.74. The van der Waals surface area contributed by atoms with Crippen molar-refractivity contribution in [1.29, 1.82) is 0 Å². The number of para-hydroxylation sites is 1. The highest BCUT2D eigenvalue weighted by molar-refractivity contribution is 6.05. The van der Waals surface area contributed by atoms with Crippen molar-refractivity contribution in [1.82, 2.24) is 10.3 Å². The Morgan fingerprint density at radius 2 is 1.61 bits per heavy atom. The molecule has 36 heavy (non-hydrogen) atoms. The SMILES string of the molecule is COc1ccc(-c2cc(C(=O)OC(C(=O)NC3CC3)c3ccccc3)c3ccccc3n2)cc1OC. The van der Waals surface area contributed by atoms with E-state index in [4.69, 9.17) is 19.2 Å². The maximum atomic E-state index is 13.6. The summed E-state index contributed by atoms with van der Waals surface area (Å²) in [6.45, 7) is 0. The number of hydrogen-bond acceptors (Lipinski definition) is 6. The molecule has 1 N–H and O–H groups in total. The highest BCUT2D eigenvalue weighted by atomic mass is 16.5. The third-order valence-electron chi connectivity index (χ3n) is 6.10. The molecule has 1 aliphatic rings. The number of nitrogens with zero attached hydrogens (tertiary/aromatic N) is 1. The van der Waals surface area contributed by atoms with Crippen LogP contribution in [0.15, 0.2) is 78.9 Å². The van der Waals surface area contributed by atoms with Crippen LogP contribution in [0.2, 0.25) is 0 Å². The van der Waals surface area contributed by atoms with Gasteiger partial charge in [0.15, 0.2) is 11.5 Å². The number of amides is 1. The summed E-state index contributed by atoms with van der Waals surface area (Å²) < 4.78 is 16.7. The fourth-order valence-electron chi connectivity index (χ4n) is 4.06. The van der Waals surface area contributed by atoms with Crippen molar-refractivity contribution in [2.24, 2.45) is 0 Å². The monoisotopic (exact) mass is 482 g/mol. The number of pyridine rings is 1. The molecule has 4 aromatic rings. The van der Waals surface area contributed by atoms with Gasteiger partial charge < -0.3 is 19.5 Å². The van der Waals surface area contributed by atoms with E-state index in [-0.39, 0.29) is 11.9 Å². The van der Waals surface area contributed by atoms with Gasteiger partial charge in [0.05, 0.1) is 31.0 Å². The second-order valence-electron chi connectivity index (χ2n) is 8.62. The van der Waals surface area contributed by atoms with Crippen molar-refractivity contribution < 1.29 is 23.8 Å². The van der Waals surface area contributed by atoms with Gasteiger partial charge in [0.25, 0.3) is 5.91 Å². The molecule has 1 atom stereocenters. The van der Waals surface area contributed by atoms with Gasteiger partial charge in [-0.2, -0.15) is 0 Å². The van der Waals surface area contributed by atoms with E-state index in [1.807, 2.05) is 48.5 Å². The molecule has 1 unspecified atom stereocenters. The minimum Gasteiger partial charge on any atom is -0.493 e.